The average Bonchev–Trinajstić information content (AvgIpc) is 2.15. The van der Waals surface area contributed by atoms with Gasteiger partial charge in [0.05, 0.1) is 7.11 Å². The van der Waals surface area contributed by atoms with Gasteiger partial charge in [-0.1, -0.05) is 12.1 Å². The zero-order chi connectivity index (χ0) is 8.81. The summed E-state index contributed by atoms with van der Waals surface area (Å²) in [6, 6.07) is 8.01. The van der Waals surface area contributed by atoms with Gasteiger partial charge in [0.25, 0.3) is 0 Å². The highest BCUT2D eigenvalue weighted by atomic mass is 16.5. The molecule has 1 aromatic carbocycles. The number of rotatable bonds is 4. The lowest BCUT2D eigenvalue weighted by Gasteiger charge is -2.01. The van der Waals surface area contributed by atoms with Gasteiger partial charge >= 0.3 is 0 Å². The third kappa shape index (κ3) is 2.55. The van der Waals surface area contributed by atoms with Gasteiger partial charge in [0.2, 0.25) is 0 Å². The van der Waals surface area contributed by atoms with E-state index in [1.807, 2.05) is 30.7 Å². The molecule has 0 spiro atoms. The van der Waals surface area contributed by atoms with E-state index in [9.17, 15) is 0 Å². The molecule has 2 nitrogen and oxygen atoms in total. The molecule has 0 atom stereocenters. The highest BCUT2D eigenvalue weighted by Gasteiger charge is 1.93. The SMILES string of the molecule is COc1ccc(C[CH]CN)cc1. The number of hydrogen-bond acceptors (Lipinski definition) is 2. The lowest BCUT2D eigenvalue weighted by Crippen LogP contribution is -2.01. The van der Waals surface area contributed by atoms with Crippen LogP contribution in [0.25, 0.3) is 0 Å². The van der Waals surface area contributed by atoms with Crippen LogP contribution in [0.1, 0.15) is 5.56 Å². The first-order valence-electron chi connectivity index (χ1n) is 4.01. The fourth-order valence-electron chi connectivity index (χ4n) is 1.01. The smallest absolute Gasteiger partial charge is 0.118 e. The van der Waals surface area contributed by atoms with Crippen LogP contribution in [0.2, 0.25) is 0 Å². The van der Waals surface area contributed by atoms with Gasteiger partial charge in [-0.25, -0.2) is 0 Å². The minimum absolute atomic E-state index is 0.631. The normalized spacial score (nSPS) is 9.83. The van der Waals surface area contributed by atoms with Crippen LogP contribution in [0.4, 0.5) is 0 Å². The van der Waals surface area contributed by atoms with E-state index >= 15 is 0 Å². The van der Waals surface area contributed by atoms with Gasteiger partial charge in [-0.3, -0.25) is 0 Å². The largest absolute Gasteiger partial charge is 0.497 e. The minimum Gasteiger partial charge on any atom is -0.497 e. The molecule has 1 radical (unpaired) electrons. The molecular formula is C10H14NO. The van der Waals surface area contributed by atoms with Gasteiger partial charge in [-0.2, -0.15) is 0 Å². The van der Waals surface area contributed by atoms with Crippen LogP contribution >= 0.6 is 0 Å². The third-order valence-electron chi connectivity index (χ3n) is 1.71. The van der Waals surface area contributed by atoms with Crippen molar-refractivity contribution in [2.24, 2.45) is 5.73 Å². The molecular weight excluding hydrogens is 150 g/mol. The van der Waals surface area contributed by atoms with Gasteiger partial charge in [-0.05, 0) is 37.1 Å². The van der Waals surface area contributed by atoms with E-state index in [1.54, 1.807) is 7.11 Å². The molecule has 0 bridgehead atoms. The summed E-state index contributed by atoms with van der Waals surface area (Å²) in [4.78, 5) is 0. The van der Waals surface area contributed by atoms with Gasteiger partial charge in [-0.15, -0.1) is 0 Å². The Kier molecular flexibility index (Phi) is 3.61. The Balaban J connectivity index is 2.53. The molecule has 0 aliphatic heterocycles. The van der Waals surface area contributed by atoms with Crippen LogP contribution < -0.4 is 10.5 Å². The zero-order valence-corrected chi connectivity index (χ0v) is 7.29. The van der Waals surface area contributed by atoms with E-state index in [-0.39, 0.29) is 0 Å². The molecule has 65 valence electrons. The maximum atomic E-state index is 5.35. The topological polar surface area (TPSA) is 35.2 Å². The number of hydrogen-bond donors (Lipinski definition) is 1. The summed E-state index contributed by atoms with van der Waals surface area (Å²) in [7, 11) is 1.67. The summed E-state index contributed by atoms with van der Waals surface area (Å²) < 4.78 is 5.04. The Morgan fingerprint density at radius 2 is 2.00 bits per heavy atom. The second kappa shape index (κ2) is 4.78. The van der Waals surface area contributed by atoms with Crippen molar-refractivity contribution in [1.82, 2.24) is 0 Å². The lowest BCUT2D eigenvalue weighted by molar-refractivity contribution is 0.414. The van der Waals surface area contributed by atoms with Crippen molar-refractivity contribution in [3.8, 4) is 5.75 Å². The van der Waals surface area contributed by atoms with E-state index in [0.29, 0.717) is 6.54 Å². The standard InChI is InChI=1S/C10H14NO/c1-12-10-6-4-9(5-7-10)3-2-8-11/h2,4-7H,3,8,11H2,1H3. The Hall–Kier alpha value is -1.02. The van der Waals surface area contributed by atoms with E-state index in [0.717, 1.165) is 12.2 Å². The molecule has 1 aromatic rings. The summed E-state index contributed by atoms with van der Waals surface area (Å²) in [5.74, 6) is 0.895. The van der Waals surface area contributed by atoms with E-state index in [1.165, 1.54) is 5.56 Å². The van der Waals surface area contributed by atoms with Crippen molar-refractivity contribution in [3.63, 3.8) is 0 Å². The summed E-state index contributed by atoms with van der Waals surface area (Å²) in [5.41, 5.74) is 6.62. The quantitative estimate of drug-likeness (QED) is 0.730. The summed E-state index contributed by atoms with van der Waals surface area (Å²) in [5, 5.41) is 0. The molecule has 12 heavy (non-hydrogen) atoms. The molecule has 1 rings (SSSR count). The first kappa shape index (κ1) is 9.07. The van der Waals surface area contributed by atoms with Crippen LogP contribution in [0, 0.1) is 6.42 Å². The number of nitrogens with two attached hydrogens (primary N) is 1. The predicted octanol–water partition coefficient (Wildman–Crippen LogP) is 1.40. The van der Waals surface area contributed by atoms with Gasteiger partial charge in [0, 0.05) is 0 Å². The highest BCUT2D eigenvalue weighted by molar-refractivity contribution is 5.27. The molecule has 2 heteroatoms. The Morgan fingerprint density at radius 3 is 2.50 bits per heavy atom. The van der Waals surface area contributed by atoms with Gasteiger partial charge < -0.3 is 10.5 Å². The number of ether oxygens (including phenoxy) is 1. The van der Waals surface area contributed by atoms with Crippen molar-refractivity contribution in [3.05, 3.63) is 36.2 Å². The first-order valence-corrected chi connectivity index (χ1v) is 4.01. The van der Waals surface area contributed by atoms with Gasteiger partial charge in [0.1, 0.15) is 5.75 Å². The lowest BCUT2D eigenvalue weighted by atomic mass is 10.1. The zero-order valence-electron chi connectivity index (χ0n) is 7.29. The molecule has 2 N–H and O–H groups in total. The second-order valence-corrected chi connectivity index (χ2v) is 2.58. The summed E-state index contributed by atoms with van der Waals surface area (Å²) in [6.07, 6.45) is 2.97. The fourth-order valence-corrected chi connectivity index (χ4v) is 1.01. The molecule has 0 aliphatic carbocycles. The van der Waals surface area contributed by atoms with Crippen molar-refractivity contribution >= 4 is 0 Å². The van der Waals surface area contributed by atoms with Crippen LogP contribution in [0.5, 0.6) is 5.75 Å². The van der Waals surface area contributed by atoms with Crippen molar-refractivity contribution in [2.45, 2.75) is 6.42 Å². The number of benzene rings is 1. The minimum atomic E-state index is 0.631. The van der Waals surface area contributed by atoms with E-state index < -0.39 is 0 Å². The molecule has 0 aliphatic rings. The Bertz CT molecular complexity index is 218. The van der Waals surface area contributed by atoms with Crippen molar-refractivity contribution in [2.75, 3.05) is 13.7 Å². The summed E-state index contributed by atoms with van der Waals surface area (Å²) >= 11 is 0. The van der Waals surface area contributed by atoms with E-state index in [4.69, 9.17) is 10.5 Å². The maximum Gasteiger partial charge on any atom is 0.118 e. The molecule has 0 amide bonds. The predicted molar refractivity (Wildman–Crippen MR) is 50.1 cm³/mol. The summed E-state index contributed by atoms with van der Waals surface area (Å²) in [6.45, 7) is 0.631. The molecule has 0 unspecified atom stereocenters. The highest BCUT2D eigenvalue weighted by Crippen LogP contribution is 2.11. The number of methoxy groups -OCH3 is 1. The second-order valence-electron chi connectivity index (χ2n) is 2.58. The van der Waals surface area contributed by atoms with Crippen LogP contribution in [-0.4, -0.2) is 13.7 Å². The van der Waals surface area contributed by atoms with Gasteiger partial charge in [0.15, 0.2) is 0 Å². The first-order chi connectivity index (χ1) is 5.86. The molecule has 0 fully saturated rings. The van der Waals surface area contributed by atoms with Crippen LogP contribution in [0.15, 0.2) is 24.3 Å². The molecule has 0 saturated heterocycles. The van der Waals surface area contributed by atoms with Crippen LogP contribution in [0.3, 0.4) is 0 Å². The molecule has 0 saturated carbocycles. The fraction of sp³-hybridized carbons (Fsp3) is 0.300. The Labute approximate surface area is 73.3 Å². The van der Waals surface area contributed by atoms with Crippen LogP contribution in [-0.2, 0) is 6.42 Å². The van der Waals surface area contributed by atoms with Crippen molar-refractivity contribution < 1.29 is 4.74 Å². The molecule has 0 aromatic heterocycles. The molecule has 0 heterocycles. The third-order valence-corrected chi connectivity index (χ3v) is 1.71. The average molecular weight is 164 g/mol. The maximum absolute atomic E-state index is 5.35. The monoisotopic (exact) mass is 164 g/mol. The Morgan fingerprint density at radius 1 is 1.33 bits per heavy atom. The van der Waals surface area contributed by atoms with Crippen molar-refractivity contribution in [1.29, 1.82) is 0 Å². The van der Waals surface area contributed by atoms with E-state index in [2.05, 4.69) is 0 Å².